The van der Waals surface area contributed by atoms with Gasteiger partial charge in [0, 0.05) is 18.5 Å². The second-order valence-corrected chi connectivity index (χ2v) is 6.68. The lowest BCUT2D eigenvalue weighted by atomic mass is 10.1. The van der Waals surface area contributed by atoms with E-state index in [9.17, 15) is 14.4 Å². The van der Waals surface area contributed by atoms with Gasteiger partial charge in [-0.25, -0.2) is 0 Å². The Bertz CT molecular complexity index is 908. The van der Waals surface area contributed by atoms with Gasteiger partial charge in [0.2, 0.25) is 5.91 Å². The van der Waals surface area contributed by atoms with Crippen LogP contribution in [0.15, 0.2) is 42.5 Å². The summed E-state index contributed by atoms with van der Waals surface area (Å²) in [5.74, 6) is 0.650. The molecule has 0 spiro atoms. The predicted molar refractivity (Wildman–Crippen MR) is 109 cm³/mol. The maximum Gasteiger partial charge on any atom is 0.265 e. The Morgan fingerprint density at radius 1 is 1.17 bits per heavy atom. The Labute approximate surface area is 169 Å². The minimum atomic E-state index is -0.316. The van der Waals surface area contributed by atoms with Crippen LogP contribution in [0, 0.1) is 0 Å². The Morgan fingerprint density at radius 2 is 1.93 bits per heavy atom. The van der Waals surface area contributed by atoms with Gasteiger partial charge in [0.05, 0.1) is 12.8 Å². The monoisotopic (exact) mass is 396 g/mol. The van der Waals surface area contributed by atoms with Crippen molar-refractivity contribution in [3.8, 4) is 11.5 Å². The molecule has 29 heavy (non-hydrogen) atoms. The maximum atomic E-state index is 12.4. The molecule has 0 radical (unpaired) electrons. The van der Waals surface area contributed by atoms with Crippen LogP contribution in [0.5, 0.6) is 11.5 Å². The van der Waals surface area contributed by atoms with Crippen LogP contribution in [0.25, 0.3) is 0 Å². The topological polar surface area (TPSA) is 84.9 Å². The van der Waals surface area contributed by atoms with E-state index in [1.807, 2.05) is 24.3 Å². The molecule has 0 saturated heterocycles. The molecular weight excluding hydrogens is 372 g/mol. The van der Waals surface area contributed by atoms with Gasteiger partial charge in [-0.3, -0.25) is 19.3 Å². The summed E-state index contributed by atoms with van der Waals surface area (Å²) in [5.41, 5.74) is 2.02. The molecule has 1 heterocycles. The van der Waals surface area contributed by atoms with Crippen LogP contribution in [0.2, 0.25) is 0 Å². The number of ketones is 1. The average molecular weight is 396 g/mol. The maximum absolute atomic E-state index is 12.4. The largest absolute Gasteiger partial charge is 0.497 e. The van der Waals surface area contributed by atoms with E-state index in [-0.39, 0.29) is 30.7 Å². The average Bonchev–Trinajstić information content (AvgIpc) is 2.75. The minimum absolute atomic E-state index is 0.0327. The Hall–Kier alpha value is -3.35. The van der Waals surface area contributed by atoms with Crippen LogP contribution in [0.4, 0.5) is 5.69 Å². The highest BCUT2D eigenvalue weighted by Gasteiger charge is 2.28. The number of Topliss-reactive ketones (excluding diaryl/α,β-unsaturated/α-hetero) is 1. The van der Waals surface area contributed by atoms with Crippen molar-refractivity contribution in [1.29, 1.82) is 0 Å². The number of benzene rings is 2. The highest BCUT2D eigenvalue weighted by Crippen LogP contribution is 2.33. The summed E-state index contributed by atoms with van der Waals surface area (Å²) in [5, 5.41) is 2.84. The smallest absolute Gasteiger partial charge is 0.265 e. The van der Waals surface area contributed by atoms with Gasteiger partial charge in [0.25, 0.3) is 5.91 Å². The first-order chi connectivity index (χ1) is 14.0. The van der Waals surface area contributed by atoms with Crippen LogP contribution in [0.1, 0.15) is 29.3 Å². The number of methoxy groups -OCH3 is 1. The minimum Gasteiger partial charge on any atom is -0.497 e. The number of rotatable bonds is 8. The van der Waals surface area contributed by atoms with Gasteiger partial charge >= 0.3 is 0 Å². The molecule has 2 amide bonds. The molecule has 3 rings (SSSR count). The number of carbonyl (C=O) groups excluding carboxylic acids is 3. The normalized spacial score (nSPS) is 12.8. The van der Waals surface area contributed by atoms with Crippen molar-refractivity contribution in [3.05, 3.63) is 53.6 Å². The van der Waals surface area contributed by atoms with Crippen LogP contribution < -0.4 is 19.7 Å². The van der Waals surface area contributed by atoms with Gasteiger partial charge in [-0.1, -0.05) is 19.1 Å². The lowest BCUT2D eigenvalue weighted by molar-refractivity contribution is -0.125. The summed E-state index contributed by atoms with van der Waals surface area (Å²) >= 11 is 0. The fourth-order valence-electron chi connectivity index (χ4n) is 3.09. The summed E-state index contributed by atoms with van der Waals surface area (Å²) in [7, 11) is 1.61. The quantitative estimate of drug-likeness (QED) is 0.693. The number of hydrogen-bond acceptors (Lipinski definition) is 5. The summed E-state index contributed by atoms with van der Waals surface area (Å²) in [6, 6.07) is 12.6. The van der Waals surface area contributed by atoms with E-state index >= 15 is 0 Å². The molecule has 2 aromatic rings. The summed E-state index contributed by atoms with van der Waals surface area (Å²) in [6.07, 6.45) is 1.03. The molecule has 0 atom stereocenters. The zero-order valence-corrected chi connectivity index (χ0v) is 16.6. The zero-order valence-electron chi connectivity index (χ0n) is 16.6. The van der Waals surface area contributed by atoms with Gasteiger partial charge in [-0.05, 0) is 42.3 Å². The molecule has 0 saturated carbocycles. The lowest BCUT2D eigenvalue weighted by Gasteiger charge is -2.29. The molecule has 7 heteroatoms. The molecule has 0 bridgehead atoms. The van der Waals surface area contributed by atoms with Crippen molar-refractivity contribution >= 4 is 23.3 Å². The first-order valence-corrected chi connectivity index (χ1v) is 9.52. The highest BCUT2D eigenvalue weighted by atomic mass is 16.5. The van der Waals surface area contributed by atoms with Crippen molar-refractivity contribution in [2.24, 2.45) is 0 Å². The predicted octanol–water partition coefficient (Wildman–Crippen LogP) is 2.37. The van der Waals surface area contributed by atoms with E-state index in [4.69, 9.17) is 9.47 Å². The lowest BCUT2D eigenvalue weighted by Crippen LogP contribution is -2.45. The molecule has 152 valence electrons. The van der Waals surface area contributed by atoms with E-state index in [1.165, 1.54) is 4.90 Å². The van der Waals surface area contributed by atoms with Crippen LogP contribution in [-0.2, 0) is 16.0 Å². The first-order valence-electron chi connectivity index (χ1n) is 9.52. The van der Waals surface area contributed by atoms with Gasteiger partial charge in [0.1, 0.15) is 18.0 Å². The third-order valence-electron chi connectivity index (χ3n) is 4.74. The number of carbonyl (C=O) groups is 3. The molecule has 0 unspecified atom stereocenters. The van der Waals surface area contributed by atoms with Crippen LogP contribution in [-0.4, -0.2) is 44.4 Å². The Balaban J connectivity index is 1.62. The number of ether oxygens (including phenoxy) is 2. The number of nitrogens with zero attached hydrogens (tertiary/aromatic N) is 1. The molecular formula is C22H24N2O5. The second kappa shape index (κ2) is 9.23. The summed E-state index contributed by atoms with van der Waals surface area (Å²) in [6.45, 7) is 1.97. The highest BCUT2D eigenvalue weighted by molar-refractivity contribution is 6.04. The molecule has 2 aromatic carbocycles. The standard InChI is InChI=1S/C22H24N2O5/c1-3-19(25)16-6-9-20-18(12-16)24(22(27)14-29-20)13-21(26)23-11-10-15-4-7-17(28-2)8-5-15/h4-9,12H,3,10-11,13-14H2,1-2H3,(H,23,26). The van der Waals surface area contributed by atoms with Crippen molar-refractivity contribution < 1.29 is 23.9 Å². The van der Waals surface area contributed by atoms with E-state index < -0.39 is 0 Å². The fraction of sp³-hybridized carbons (Fsp3) is 0.318. The zero-order chi connectivity index (χ0) is 20.8. The first kappa shape index (κ1) is 20.4. The van der Waals surface area contributed by atoms with E-state index in [0.717, 1.165) is 11.3 Å². The number of fused-ring (bicyclic) bond motifs is 1. The number of amides is 2. The molecule has 1 aliphatic heterocycles. The Kier molecular flexibility index (Phi) is 6.49. The molecule has 0 fully saturated rings. The third-order valence-corrected chi connectivity index (χ3v) is 4.74. The van der Waals surface area contributed by atoms with Gasteiger partial charge in [-0.2, -0.15) is 0 Å². The fourth-order valence-corrected chi connectivity index (χ4v) is 3.09. The third kappa shape index (κ3) is 4.93. The summed E-state index contributed by atoms with van der Waals surface area (Å²) < 4.78 is 10.6. The van der Waals surface area contributed by atoms with Crippen molar-refractivity contribution in [3.63, 3.8) is 0 Å². The van der Waals surface area contributed by atoms with E-state index in [1.54, 1.807) is 32.2 Å². The van der Waals surface area contributed by atoms with Crippen molar-refractivity contribution in [2.45, 2.75) is 19.8 Å². The summed E-state index contributed by atoms with van der Waals surface area (Å²) in [4.78, 5) is 38.1. The molecule has 7 nitrogen and oxygen atoms in total. The Morgan fingerprint density at radius 3 is 2.62 bits per heavy atom. The van der Waals surface area contributed by atoms with Gasteiger partial charge < -0.3 is 14.8 Å². The number of hydrogen-bond donors (Lipinski definition) is 1. The van der Waals surface area contributed by atoms with Gasteiger partial charge in [0.15, 0.2) is 12.4 Å². The molecule has 1 N–H and O–H groups in total. The van der Waals surface area contributed by atoms with Crippen molar-refractivity contribution in [2.75, 3.05) is 31.7 Å². The van der Waals surface area contributed by atoms with Crippen LogP contribution in [0.3, 0.4) is 0 Å². The van der Waals surface area contributed by atoms with Gasteiger partial charge in [-0.15, -0.1) is 0 Å². The molecule has 0 aliphatic carbocycles. The van der Waals surface area contributed by atoms with E-state index in [0.29, 0.717) is 36.4 Å². The van der Waals surface area contributed by atoms with Crippen molar-refractivity contribution in [1.82, 2.24) is 5.32 Å². The SMILES string of the molecule is CCC(=O)c1ccc2c(c1)N(CC(=O)NCCc1ccc(OC)cc1)C(=O)CO2. The van der Waals surface area contributed by atoms with E-state index in [2.05, 4.69) is 5.32 Å². The van der Waals surface area contributed by atoms with Crippen LogP contribution >= 0.6 is 0 Å². The number of anilines is 1. The number of nitrogens with one attached hydrogen (secondary N) is 1. The second-order valence-electron chi connectivity index (χ2n) is 6.68. The molecule has 0 aromatic heterocycles. The molecule has 1 aliphatic rings.